The lowest BCUT2D eigenvalue weighted by atomic mass is 10.1. The quantitative estimate of drug-likeness (QED) is 0.271. The second-order valence-corrected chi connectivity index (χ2v) is 3.83. The Kier molecular flexibility index (Phi) is 3.58. The zero-order valence-corrected chi connectivity index (χ0v) is 9.98. The summed E-state index contributed by atoms with van der Waals surface area (Å²) in [5, 5.41) is 20.6. The first-order valence-electron chi connectivity index (χ1n) is 5.46. The summed E-state index contributed by atoms with van der Waals surface area (Å²) in [6.45, 7) is -0.0661. The summed E-state index contributed by atoms with van der Waals surface area (Å²) >= 11 is 0. The van der Waals surface area contributed by atoms with E-state index in [0.29, 0.717) is 5.69 Å². The average Bonchev–Trinajstić information content (AvgIpc) is 2.47. The van der Waals surface area contributed by atoms with Crippen molar-refractivity contribution in [2.45, 2.75) is 6.61 Å². The van der Waals surface area contributed by atoms with Gasteiger partial charge < -0.3 is 21.8 Å². The molecular formula is C12H13N5O2. The molecule has 2 aromatic rings. The maximum absolute atomic E-state index is 9.11. The Morgan fingerprint density at radius 3 is 2.84 bits per heavy atom. The van der Waals surface area contributed by atoms with Gasteiger partial charge in [-0.05, 0) is 11.6 Å². The Morgan fingerprint density at radius 1 is 1.37 bits per heavy atom. The third-order valence-corrected chi connectivity index (χ3v) is 2.56. The zero-order valence-electron chi connectivity index (χ0n) is 9.98. The molecular weight excluding hydrogens is 246 g/mol. The third kappa shape index (κ3) is 2.61. The molecule has 0 aliphatic rings. The SMILES string of the molecule is NC(=NO)c1nc(-c2cccc(CO)c2)cnc1N. The average molecular weight is 259 g/mol. The number of nitrogens with zero attached hydrogens (tertiary/aromatic N) is 3. The molecule has 1 aromatic heterocycles. The molecule has 0 spiro atoms. The highest BCUT2D eigenvalue weighted by Gasteiger charge is 2.10. The van der Waals surface area contributed by atoms with Crippen molar-refractivity contribution in [2.24, 2.45) is 10.9 Å². The first-order valence-corrected chi connectivity index (χ1v) is 5.46. The Morgan fingerprint density at radius 2 is 2.16 bits per heavy atom. The monoisotopic (exact) mass is 259 g/mol. The molecule has 0 saturated carbocycles. The number of benzene rings is 1. The number of anilines is 1. The van der Waals surface area contributed by atoms with E-state index >= 15 is 0 Å². The van der Waals surface area contributed by atoms with Gasteiger partial charge in [-0.2, -0.15) is 0 Å². The van der Waals surface area contributed by atoms with E-state index in [1.165, 1.54) is 6.20 Å². The van der Waals surface area contributed by atoms with Crippen LogP contribution in [0.1, 0.15) is 11.3 Å². The van der Waals surface area contributed by atoms with Gasteiger partial charge >= 0.3 is 0 Å². The summed E-state index contributed by atoms with van der Waals surface area (Å²) in [7, 11) is 0. The van der Waals surface area contributed by atoms with Crippen LogP contribution >= 0.6 is 0 Å². The molecule has 0 unspecified atom stereocenters. The standard InChI is InChI=1S/C12H13N5O2/c13-11-10(12(14)17-19)16-9(5-15-11)8-3-1-2-7(4-8)6-18/h1-5,18-19H,6H2,(H2,13,15)(H2,14,17). The van der Waals surface area contributed by atoms with Gasteiger partial charge in [0.15, 0.2) is 17.3 Å². The molecule has 7 heteroatoms. The zero-order chi connectivity index (χ0) is 13.8. The van der Waals surface area contributed by atoms with Crippen LogP contribution in [-0.2, 0) is 6.61 Å². The predicted octanol–water partition coefficient (Wildman–Crippen LogP) is 0.313. The summed E-state index contributed by atoms with van der Waals surface area (Å²) in [4.78, 5) is 8.16. The van der Waals surface area contributed by atoms with Gasteiger partial charge in [-0.25, -0.2) is 9.97 Å². The molecule has 2 rings (SSSR count). The van der Waals surface area contributed by atoms with Gasteiger partial charge in [0.1, 0.15) is 0 Å². The molecule has 0 fully saturated rings. The summed E-state index contributed by atoms with van der Waals surface area (Å²) in [6.07, 6.45) is 1.49. The number of nitrogens with two attached hydrogens (primary N) is 2. The van der Waals surface area contributed by atoms with Crippen molar-refractivity contribution >= 4 is 11.7 Å². The minimum Gasteiger partial charge on any atom is -0.409 e. The molecule has 1 aromatic carbocycles. The van der Waals surface area contributed by atoms with Crippen LogP contribution in [0.2, 0.25) is 0 Å². The Balaban J connectivity index is 2.51. The molecule has 0 aliphatic carbocycles. The Bertz CT molecular complexity index is 627. The molecule has 19 heavy (non-hydrogen) atoms. The minimum absolute atomic E-state index is 0.0661. The fourth-order valence-corrected chi connectivity index (χ4v) is 1.60. The van der Waals surface area contributed by atoms with Gasteiger partial charge in [0, 0.05) is 5.56 Å². The second-order valence-electron chi connectivity index (χ2n) is 3.83. The van der Waals surface area contributed by atoms with Crippen LogP contribution in [0.3, 0.4) is 0 Å². The number of hydrogen-bond donors (Lipinski definition) is 4. The number of aromatic nitrogens is 2. The highest BCUT2D eigenvalue weighted by molar-refractivity contribution is 5.99. The number of nitrogen functional groups attached to an aromatic ring is 1. The molecule has 0 atom stereocenters. The number of aliphatic hydroxyl groups excluding tert-OH is 1. The summed E-state index contributed by atoms with van der Waals surface area (Å²) in [5.41, 5.74) is 13.2. The van der Waals surface area contributed by atoms with E-state index in [4.69, 9.17) is 21.8 Å². The lowest BCUT2D eigenvalue weighted by molar-refractivity contribution is 0.282. The molecule has 0 amide bonds. The maximum atomic E-state index is 9.11. The molecule has 0 saturated heterocycles. The number of amidine groups is 1. The normalized spacial score (nSPS) is 11.5. The van der Waals surface area contributed by atoms with Gasteiger partial charge in [-0.3, -0.25) is 0 Å². The largest absolute Gasteiger partial charge is 0.409 e. The van der Waals surface area contributed by atoms with Crippen LogP contribution in [0.15, 0.2) is 35.6 Å². The van der Waals surface area contributed by atoms with E-state index in [2.05, 4.69) is 15.1 Å². The lowest BCUT2D eigenvalue weighted by Crippen LogP contribution is -2.18. The molecule has 0 radical (unpaired) electrons. The second kappa shape index (κ2) is 5.32. The molecule has 1 heterocycles. The highest BCUT2D eigenvalue weighted by atomic mass is 16.4. The fourth-order valence-electron chi connectivity index (χ4n) is 1.60. The minimum atomic E-state index is -0.204. The number of oxime groups is 1. The van der Waals surface area contributed by atoms with E-state index in [0.717, 1.165) is 11.1 Å². The number of aliphatic hydroxyl groups is 1. The van der Waals surface area contributed by atoms with E-state index in [-0.39, 0.29) is 24.0 Å². The first-order chi connectivity index (χ1) is 9.15. The van der Waals surface area contributed by atoms with Gasteiger partial charge in [-0.1, -0.05) is 23.4 Å². The first kappa shape index (κ1) is 12.8. The van der Waals surface area contributed by atoms with E-state index in [9.17, 15) is 0 Å². The Labute approximate surface area is 109 Å². The van der Waals surface area contributed by atoms with Crippen molar-refractivity contribution in [3.63, 3.8) is 0 Å². The van der Waals surface area contributed by atoms with Crippen molar-refractivity contribution in [2.75, 3.05) is 5.73 Å². The molecule has 0 bridgehead atoms. The summed E-state index contributed by atoms with van der Waals surface area (Å²) < 4.78 is 0. The molecule has 0 aliphatic heterocycles. The van der Waals surface area contributed by atoms with Gasteiger partial charge in [0.05, 0.1) is 18.5 Å². The van der Waals surface area contributed by atoms with Crippen LogP contribution in [0.25, 0.3) is 11.3 Å². The lowest BCUT2D eigenvalue weighted by Gasteiger charge is -2.06. The van der Waals surface area contributed by atoms with Crippen molar-refractivity contribution in [3.8, 4) is 11.3 Å². The maximum Gasteiger partial charge on any atom is 0.192 e. The van der Waals surface area contributed by atoms with Crippen LogP contribution in [-0.4, -0.2) is 26.1 Å². The van der Waals surface area contributed by atoms with E-state index in [1.54, 1.807) is 18.2 Å². The number of rotatable bonds is 3. The molecule has 6 N–H and O–H groups in total. The van der Waals surface area contributed by atoms with Gasteiger partial charge in [0.25, 0.3) is 0 Å². The fraction of sp³-hybridized carbons (Fsp3) is 0.0833. The molecule has 7 nitrogen and oxygen atoms in total. The smallest absolute Gasteiger partial charge is 0.192 e. The van der Waals surface area contributed by atoms with E-state index in [1.807, 2.05) is 6.07 Å². The highest BCUT2D eigenvalue weighted by Crippen LogP contribution is 2.19. The third-order valence-electron chi connectivity index (χ3n) is 2.56. The van der Waals surface area contributed by atoms with Crippen molar-refractivity contribution in [1.29, 1.82) is 0 Å². The van der Waals surface area contributed by atoms with Crippen LogP contribution in [0, 0.1) is 0 Å². The van der Waals surface area contributed by atoms with Gasteiger partial charge in [-0.15, -0.1) is 0 Å². The number of hydrogen-bond acceptors (Lipinski definition) is 6. The topological polar surface area (TPSA) is 131 Å². The summed E-state index contributed by atoms with van der Waals surface area (Å²) in [5.74, 6) is -0.123. The van der Waals surface area contributed by atoms with Crippen molar-refractivity contribution in [3.05, 3.63) is 41.7 Å². The predicted molar refractivity (Wildman–Crippen MR) is 70.3 cm³/mol. The summed E-state index contributed by atoms with van der Waals surface area (Å²) in [6, 6.07) is 7.17. The molecule has 98 valence electrons. The van der Waals surface area contributed by atoms with Crippen LogP contribution < -0.4 is 11.5 Å². The van der Waals surface area contributed by atoms with E-state index < -0.39 is 0 Å². The van der Waals surface area contributed by atoms with Crippen molar-refractivity contribution in [1.82, 2.24) is 9.97 Å². The van der Waals surface area contributed by atoms with Crippen molar-refractivity contribution < 1.29 is 10.3 Å². The van der Waals surface area contributed by atoms with Gasteiger partial charge in [0.2, 0.25) is 0 Å². The van der Waals surface area contributed by atoms with Crippen LogP contribution in [0.4, 0.5) is 5.82 Å². The van der Waals surface area contributed by atoms with Crippen LogP contribution in [0.5, 0.6) is 0 Å². The Hall–Kier alpha value is -2.67.